The largest absolute Gasteiger partial charge is 0.300 e. The van der Waals surface area contributed by atoms with Crippen molar-refractivity contribution in [2.75, 3.05) is 13.1 Å². The van der Waals surface area contributed by atoms with Gasteiger partial charge in [-0.3, -0.25) is 0 Å². The predicted octanol–water partition coefficient (Wildman–Crippen LogP) is 4.04. The van der Waals surface area contributed by atoms with E-state index >= 15 is 0 Å². The quantitative estimate of drug-likeness (QED) is 0.791. The summed E-state index contributed by atoms with van der Waals surface area (Å²) in [5.74, 6) is 0.726. The van der Waals surface area contributed by atoms with Crippen molar-refractivity contribution in [1.29, 1.82) is 0 Å². The zero-order chi connectivity index (χ0) is 11.5. The molecular formula is C14H20BrN. The molecule has 0 radical (unpaired) electrons. The number of halogens is 1. The van der Waals surface area contributed by atoms with E-state index in [1.54, 1.807) is 0 Å². The normalized spacial score (nSPS) is 22.6. The van der Waals surface area contributed by atoms with Crippen LogP contribution in [0.4, 0.5) is 0 Å². The first-order valence-electron chi connectivity index (χ1n) is 6.16. The molecule has 1 atom stereocenters. The second kappa shape index (κ2) is 5.33. The van der Waals surface area contributed by atoms with Crippen molar-refractivity contribution in [1.82, 2.24) is 4.90 Å². The number of hydrogen-bond donors (Lipinski definition) is 0. The van der Waals surface area contributed by atoms with Gasteiger partial charge >= 0.3 is 0 Å². The van der Waals surface area contributed by atoms with Crippen molar-refractivity contribution in [3.8, 4) is 0 Å². The lowest BCUT2D eigenvalue weighted by Crippen LogP contribution is -2.39. The number of benzene rings is 1. The van der Waals surface area contributed by atoms with Crippen LogP contribution >= 0.6 is 15.9 Å². The van der Waals surface area contributed by atoms with Gasteiger partial charge in [-0.2, -0.15) is 0 Å². The van der Waals surface area contributed by atoms with Gasteiger partial charge in [0.25, 0.3) is 0 Å². The van der Waals surface area contributed by atoms with Gasteiger partial charge in [-0.05, 0) is 56.8 Å². The Labute approximate surface area is 107 Å². The van der Waals surface area contributed by atoms with Crippen LogP contribution in [0.5, 0.6) is 0 Å². The highest BCUT2D eigenvalue weighted by Crippen LogP contribution is 2.28. The fourth-order valence-electron chi connectivity index (χ4n) is 2.48. The van der Waals surface area contributed by atoms with Gasteiger partial charge in [0.1, 0.15) is 0 Å². The summed E-state index contributed by atoms with van der Waals surface area (Å²) in [4.78, 5) is 2.59. The zero-order valence-electron chi connectivity index (χ0n) is 10.1. The smallest absolute Gasteiger partial charge is 0.0175 e. The molecule has 1 saturated heterocycles. The minimum atomic E-state index is 0.679. The molecule has 0 amide bonds. The third-order valence-electron chi connectivity index (χ3n) is 3.52. The Bertz CT molecular complexity index is 331. The molecule has 88 valence electrons. The van der Waals surface area contributed by atoms with E-state index in [0.29, 0.717) is 6.04 Å². The van der Waals surface area contributed by atoms with E-state index in [0.717, 1.165) is 5.92 Å². The van der Waals surface area contributed by atoms with Crippen molar-refractivity contribution in [2.45, 2.75) is 38.6 Å². The molecule has 0 saturated carbocycles. The first-order chi connectivity index (χ1) is 7.66. The standard InChI is InChI=1S/C14H20BrN/c1-11(2)16-9-3-4-13(10-16)12-5-7-14(15)8-6-12/h5-8,11,13H,3-4,9-10H2,1-2H3/t13-/m0/s1. The second-order valence-corrected chi connectivity index (χ2v) is 5.90. The Morgan fingerprint density at radius 3 is 2.56 bits per heavy atom. The summed E-state index contributed by atoms with van der Waals surface area (Å²) in [6, 6.07) is 9.52. The molecule has 1 aliphatic heterocycles. The van der Waals surface area contributed by atoms with E-state index in [1.807, 2.05) is 0 Å². The minimum Gasteiger partial charge on any atom is -0.300 e. The molecule has 0 aromatic heterocycles. The van der Waals surface area contributed by atoms with Crippen LogP contribution in [0.1, 0.15) is 38.2 Å². The van der Waals surface area contributed by atoms with Crippen molar-refractivity contribution < 1.29 is 0 Å². The van der Waals surface area contributed by atoms with Crippen LogP contribution in [0.15, 0.2) is 28.7 Å². The summed E-state index contributed by atoms with van der Waals surface area (Å²) < 4.78 is 1.17. The molecule has 0 bridgehead atoms. The molecule has 0 N–H and O–H groups in total. The number of nitrogens with zero attached hydrogens (tertiary/aromatic N) is 1. The molecule has 2 rings (SSSR count). The van der Waals surface area contributed by atoms with Gasteiger partial charge in [-0.15, -0.1) is 0 Å². The average molecular weight is 282 g/mol. The Morgan fingerprint density at radius 2 is 1.94 bits per heavy atom. The SMILES string of the molecule is CC(C)N1CCC[C@H](c2ccc(Br)cc2)C1. The number of likely N-dealkylation sites (tertiary alicyclic amines) is 1. The fourth-order valence-corrected chi connectivity index (χ4v) is 2.75. The maximum absolute atomic E-state index is 3.49. The Balaban J connectivity index is 2.06. The van der Waals surface area contributed by atoms with Crippen LogP contribution in [-0.2, 0) is 0 Å². The average Bonchev–Trinajstić information content (AvgIpc) is 2.30. The summed E-state index contributed by atoms with van der Waals surface area (Å²) in [5.41, 5.74) is 1.49. The van der Waals surface area contributed by atoms with Crippen LogP contribution in [0.3, 0.4) is 0 Å². The van der Waals surface area contributed by atoms with Gasteiger partial charge in [-0.1, -0.05) is 28.1 Å². The van der Waals surface area contributed by atoms with Gasteiger partial charge in [0, 0.05) is 17.1 Å². The monoisotopic (exact) mass is 281 g/mol. The lowest BCUT2D eigenvalue weighted by atomic mass is 9.90. The topological polar surface area (TPSA) is 3.24 Å². The van der Waals surface area contributed by atoms with Crippen molar-refractivity contribution in [3.05, 3.63) is 34.3 Å². The van der Waals surface area contributed by atoms with Crippen molar-refractivity contribution in [3.63, 3.8) is 0 Å². The van der Waals surface area contributed by atoms with Crippen molar-refractivity contribution in [2.24, 2.45) is 0 Å². The van der Waals surface area contributed by atoms with Crippen LogP contribution in [0, 0.1) is 0 Å². The summed E-state index contributed by atoms with van der Waals surface area (Å²) in [6.07, 6.45) is 2.67. The molecule has 1 fully saturated rings. The lowest BCUT2D eigenvalue weighted by molar-refractivity contribution is 0.167. The summed E-state index contributed by atoms with van der Waals surface area (Å²) >= 11 is 3.49. The van der Waals surface area contributed by atoms with E-state index in [4.69, 9.17) is 0 Å². The second-order valence-electron chi connectivity index (χ2n) is 4.98. The predicted molar refractivity (Wildman–Crippen MR) is 72.8 cm³/mol. The van der Waals surface area contributed by atoms with Crippen molar-refractivity contribution >= 4 is 15.9 Å². The van der Waals surface area contributed by atoms with E-state index < -0.39 is 0 Å². The third-order valence-corrected chi connectivity index (χ3v) is 4.05. The van der Waals surface area contributed by atoms with Crippen LogP contribution in [-0.4, -0.2) is 24.0 Å². The highest BCUT2D eigenvalue weighted by Gasteiger charge is 2.22. The highest BCUT2D eigenvalue weighted by molar-refractivity contribution is 9.10. The van der Waals surface area contributed by atoms with E-state index in [2.05, 4.69) is 58.9 Å². The number of hydrogen-bond acceptors (Lipinski definition) is 1. The molecule has 1 nitrogen and oxygen atoms in total. The minimum absolute atomic E-state index is 0.679. The summed E-state index contributed by atoms with van der Waals surface area (Å²) in [6.45, 7) is 7.08. The van der Waals surface area contributed by atoms with Gasteiger partial charge in [0.15, 0.2) is 0 Å². The molecule has 1 aromatic rings. The lowest BCUT2D eigenvalue weighted by Gasteiger charge is -2.35. The first-order valence-corrected chi connectivity index (χ1v) is 6.95. The molecule has 0 spiro atoms. The molecule has 2 heteroatoms. The zero-order valence-corrected chi connectivity index (χ0v) is 11.7. The molecule has 1 aliphatic rings. The van der Waals surface area contributed by atoms with E-state index in [1.165, 1.54) is 36.0 Å². The van der Waals surface area contributed by atoms with Crippen LogP contribution in [0.25, 0.3) is 0 Å². The summed E-state index contributed by atoms with van der Waals surface area (Å²) in [7, 11) is 0. The van der Waals surface area contributed by atoms with E-state index in [9.17, 15) is 0 Å². The highest BCUT2D eigenvalue weighted by atomic mass is 79.9. The third kappa shape index (κ3) is 2.86. The molecule has 0 aliphatic carbocycles. The van der Waals surface area contributed by atoms with Crippen LogP contribution in [0.2, 0.25) is 0 Å². The number of rotatable bonds is 2. The van der Waals surface area contributed by atoms with Gasteiger partial charge in [0.05, 0.1) is 0 Å². The Kier molecular flexibility index (Phi) is 4.04. The molecular weight excluding hydrogens is 262 g/mol. The van der Waals surface area contributed by atoms with Gasteiger partial charge < -0.3 is 4.90 Å². The van der Waals surface area contributed by atoms with Gasteiger partial charge in [0.2, 0.25) is 0 Å². The maximum Gasteiger partial charge on any atom is 0.0175 e. The first kappa shape index (κ1) is 12.1. The molecule has 1 aromatic carbocycles. The fraction of sp³-hybridized carbons (Fsp3) is 0.571. The Hall–Kier alpha value is -0.340. The molecule has 0 unspecified atom stereocenters. The van der Waals surface area contributed by atoms with Crippen LogP contribution < -0.4 is 0 Å². The molecule has 1 heterocycles. The number of piperidine rings is 1. The summed E-state index contributed by atoms with van der Waals surface area (Å²) in [5, 5.41) is 0. The van der Waals surface area contributed by atoms with Gasteiger partial charge in [-0.25, -0.2) is 0 Å². The van der Waals surface area contributed by atoms with E-state index in [-0.39, 0.29) is 0 Å². The Morgan fingerprint density at radius 1 is 1.25 bits per heavy atom. The molecule has 16 heavy (non-hydrogen) atoms. The maximum atomic E-state index is 3.49.